The molecule has 1 aromatic heterocycles. The van der Waals surface area contributed by atoms with Crippen LogP contribution in [0, 0.1) is 0 Å². The van der Waals surface area contributed by atoms with E-state index in [4.69, 9.17) is 0 Å². The minimum absolute atomic E-state index is 0.0990. The maximum Gasteiger partial charge on any atom is 0.268 e. The first kappa shape index (κ1) is 9.94. The molecular weight excluding hydrogens is 200 g/mol. The van der Waals surface area contributed by atoms with Crippen molar-refractivity contribution in [2.24, 2.45) is 7.05 Å². The van der Waals surface area contributed by atoms with Gasteiger partial charge < -0.3 is 9.88 Å². The molecule has 1 fully saturated rings. The van der Waals surface area contributed by atoms with Crippen LogP contribution in [0.1, 0.15) is 54.4 Å². The van der Waals surface area contributed by atoms with Gasteiger partial charge >= 0.3 is 0 Å². The second-order valence-electron chi connectivity index (χ2n) is 5.51. The number of carbonyl (C=O) groups excluding carboxylic acids is 1. The predicted molar refractivity (Wildman–Crippen MR) is 62.7 cm³/mol. The lowest BCUT2D eigenvalue weighted by atomic mass is 9.92. The quantitative estimate of drug-likeness (QED) is 0.767. The molecule has 0 saturated heterocycles. The summed E-state index contributed by atoms with van der Waals surface area (Å²) in [7, 11) is 2.01. The Hall–Kier alpha value is -1.25. The number of amides is 1. The van der Waals surface area contributed by atoms with Crippen LogP contribution in [0.4, 0.5) is 0 Å². The Balaban J connectivity index is 2.21. The van der Waals surface area contributed by atoms with Gasteiger partial charge in [-0.15, -0.1) is 0 Å². The van der Waals surface area contributed by atoms with Crippen molar-refractivity contribution in [1.82, 2.24) is 9.88 Å². The van der Waals surface area contributed by atoms with Crippen LogP contribution in [0.25, 0.3) is 0 Å². The summed E-state index contributed by atoms with van der Waals surface area (Å²) < 4.78 is 2.08. The minimum atomic E-state index is 0.0990. The number of nitrogens with zero attached hydrogens (tertiary/aromatic N) is 1. The fourth-order valence-electron chi connectivity index (χ4n) is 2.88. The van der Waals surface area contributed by atoms with E-state index in [0.717, 1.165) is 12.2 Å². The van der Waals surface area contributed by atoms with Crippen molar-refractivity contribution < 1.29 is 4.79 Å². The molecular formula is C13H18N2O. The lowest BCUT2D eigenvalue weighted by Gasteiger charge is -2.23. The van der Waals surface area contributed by atoms with Crippen molar-refractivity contribution >= 4 is 5.91 Å². The zero-order chi connectivity index (χ0) is 11.5. The minimum Gasteiger partial charge on any atom is -0.350 e. The van der Waals surface area contributed by atoms with Crippen molar-refractivity contribution in [3.63, 3.8) is 0 Å². The van der Waals surface area contributed by atoms with Crippen molar-refractivity contribution in [1.29, 1.82) is 0 Å². The van der Waals surface area contributed by atoms with Crippen LogP contribution in [-0.4, -0.2) is 17.0 Å². The zero-order valence-electron chi connectivity index (χ0n) is 10.1. The van der Waals surface area contributed by atoms with Crippen molar-refractivity contribution in [3.8, 4) is 0 Å². The Labute approximate surface area is 95.8 Å². The van der Waals surface area contributed by atoms with Crippen LogP contribution in [0.15, 0.2) is 6.07 Å². The highest BCUT2D eigenvalue weighted by molar-refractivity contribution is 5.96. The molecule has 86 valence electrons. The number of fused-ring (bicyclic) bond motifs is 2. The summed E-state index contributed by atoms with van der Waals surface area (Å²) >= 11 is 0. The molecule has 3 heteroatoms. The molecule has 2 aliphatic rings. The first-order valence-corrected chi connectivity index (χ1v) is 6.03. The van der Waals surface area contributed by atoms with E-state index in [-0.39, 0.29) is 11.3 Å². The van der Waals surface area contributed by atoms with Gasteiger partial charge in [0.2, 0.25) is 0 Å². The molecule has 1 spiro atoms. The van der Waals surface area contributed by atoms with Gasteiger partial charge in [0.1, 0.15) is 5.69 Å². The zero-order valence-corrected chi connectivity index (χ0v) is 10.1. The predicted octanol–water partition coefficient (Wildman–Crippen LogP) is 1.92. The highest BCUT2D eigenvalue weighted by Gasteiger charge is 2.50. The van der Waals surface area contributed by atoms with Crippen LogP contribution >= 0.6 is 0 Å². The second kappa shape index (κ2) is 2.90. The number of aromatic nitrogens is 1. The first-order chi connectivity index (χ1) is 7.55. The molecule has 2 heterocycles. The molecule has 1 N–H and O–H groups in total. The Morgan fingerprint density at radius 1 is 1.44 bits per heavy atom. The van der Waals surface area contributed by atoms with Gasteiger partial charge in [-0.2, -0.15) is 0 Å². The van der Waals surface area contributed by atoms with E-state index in [0.29, 0.717) is 5.92 Å². The Kier molecular flexibility index (Phi) is 1.80. The van der Waals surface area contributed by atoms with E-state index >= 15 is 0 Å². The molecule has 0 radical (unpaired) electrons. The van der Waals surface area contributed by atoms with Gasteiger partial charge in [-0.05, 0) is 30.4 Å². The average molecular weight is 218 g/mol. The van der Waals surface area contributed by atoms with Gasteiger partial charge in [0, 0.05) is 24.7 Å². The number of nitrogens with one attached hydrogen (secondary N) is 1. The lowest BCUT2D eigenvalue weighted by Crippen LogP contribution is -2.39. The topological polar surface area (TPSA) is 34.0 Å². The van der Waals surface area contributed by atoms with Gasteiger partial charge in [0.15, 0.2) is 0 Å². The maximum atomic E-state index is 11.9. The maximum absolute atomic E-state index is 11.9. The molecule has 0 bridgehead atoms. The molecule has 3 nitrogen and oxygen atoms in total. The van der Waals surface area contributed by atoms with Crippen molar-refractivity contribution in [2.75, 3.05) is 6.54 Å². The van der Waals surface area contributed by atoms with Gasteiger partial charge in [-0.1, -0.05) is 13.8 Å². The molecule has 1 aliphatic carbocycles. The Morgan fingerprint density at radius 2 is 2.12 bits per heavy atom. The highest BCUT2D eigenvalue weighted by atomic mass is 16.2. The SMILES string of the molecule is CC(C)c1cc2c(n1C)C(=O)NCC21CC1. The molecule has 1 amide bonds. The normalized spacial score (nSPS) is 21.1. The van der Waals surface area contributed by atoms with Gasteiger partial charge in [-0.3, -0.25) is 4.79 Å². The fourth-order valence-corrected chi connectivity index (χ4v) is 2.88. The Bertz CT molecular complexity index is 467. The molecule has 1 saturated carbocycles. The van der Waals surface area contributed by atoms with Crippen molar-refractivity contribution in [2.45, 2.75) is 38.0 Å². The third-order valence-electron chi connectivity index (χ3n) is 4.09. The van der Waals surface area contributed by atoms with Crippen LogP contribution in [0.3, 0.4) is 0 Å². The van der Waals surface area contributed by atoms with Crippen LogP contribution in [-0.2, 0) is 12.5 Å². The van der Waals surface area contributed by atoms with Crippen LogP contribution in [0.5, 0.6) is 0 Å². The van der Waals surface area contributed by atoms with Gasteiger partial charge in [0.05, 0.1) is 0 Å². The molecule has 0 atom stereocenters. The third-order valence-corrected chi connectivity index (χ3v) is 4.09. The summed E-state index contributed by atoms with van der Waals surface area (Å²) in [5.41, 5.74) is 3.75. The summed E-state index contributed by atoms with van der Waals surface area (Å²) in [5.74, 6) is 0.570. The number of hydrogen-bond acceptors (Lipinski definition) is 1. The number of hydrogen-bond donors (Lipinski definition) is 1. The molecule has 3 rings (SSSR count). The van der Waals surface area contributed by atoms with Crippen LogP contribution < -0.4 is 5.32 Å². The first-order valence-electron chi connectivity index (χ1n) is 6.03. The van der Waals surface area contributed by atoms with E-state index in [1.54, 1.807) is 0 Å². The number of carbonyl (C=O) groups is 1. The molecule has 1 aliphatic heterocycles. The second-order valence-corrected chi connectivity index (χ2v) is 5.51. The average Bonchev–Trinajstić information content (AvgIpc) is 2.91. The largest absolute Gasteiger partial charge is 0.350 e. The molecule has 0 aromatic carbocycles. The molecule has 1 aromatic rings. The van der Waals surface area contributed by atoms with E-state index in [1.165, 1.54) is 24.1 Å². The van der Waals surface area contributed by atoms with E-state index in [9.17, 15) is 4.79 Å². The summed E-state index contributed by atoms with van der Waals surface area (Å²) in [5, 5.41) is 3.02. The van der Waals surface area contributed by atoms with Gasteiger partial charge in [-0.25, -0.2) is 0 Å². The van der Waals surface area contributed by atoms with E-state index in [2.05, 4.69) is 29.8 Å². The monoisotopic (exact) mass is 218 g/mol. The summed E-state index contributed by atoms with van der Waals surface area (Å²) in [4.78, 5) is 11.9. The van der Waals surface area contributed by atoms with Crippen LogP contribution in [0.2, 0.25) is 0 Å². The smallest absolute Gasteiger partial charge is 0.268 e. The fraction of sp³-hybridized carbons (Fsp3) is 0.615. The third kappa shape index (κ3) is 1.11. The van der Waals surface area contributed by atoms with E-state index in [1.807, 2.05) is 7.05 Å². The standard InChI is InChI=1S/C13H18N2O/c1-8(2)10-6-9-11(15(10)3)12(16)14-7-13(9)4-5-13/h6,8H,4-5,7H2,1-3H3,(H,14,16). The lowest BCUT2D eigenvalue weighted by molar-refractivity contribution is 0.0928. The van der Waals surface area contributed by atoms with Gasteiger partial charge in [0.25, 0.3) is 5.91 Å². The summed E-state index contributed by atoms with van der Waals surface area (Å²) in [6.07, 6.45) is 2.45. The number of rotatable bonds is 1. The molecule has 0 unspecified atom stereocenters. The van der Waals surface area contributed by atoms with Crippen molar-refractivity contribution in [3.05, 3.63) is 23.0 Å². The molecule has 16 heavy (non-hydrogen) atoms. The summed E-state index contributed by atoms with van der Waals surface area (Å²) in [6, 6.07) is 2.26. The summed E-state index contributed by atoms with van der Waals surface area (Å²) in [6.45, 7) is 5.19. The highest BCUT2D eigenvalue weighted by Crippen LogP contribution is 2.51. The van der Waals surface area contributed by atoms with E-state index < -0.39 is 0 Å². The Morgan fingerprint density at radius 3 is 2.69 bits per heavy atom.